The smallest absolute Gasteiger partial charge is 0.266 e. The Balaban J connectivity index is 1.91. The molecule has 0 spiro atoms. The summed E-state index contributed by atoms with van der Waals surface area (Å²) in [6, 6.07) is 21.4. The maximum Gasteiger partial charge on any atom is 0.266 e. The van der Waals surface area contributed by atoms with Gasteiger partial charge in [0.05, 0.1) is 16.8 Å². The molecule has 1 aliphatic rings. The number of imide groups is 1. The number of amides is 2. The van der Waals surface area contributed by atoms with E-state index >= 15 is 0 Å². The van der Waals surface area contributed by atoms with Crippen LogP contribution in [0.3, 0.4) is 0 Å². The summed E-state index contributed by atoms with van der Waals surface area (Å²) < 4.78 is 0. The van der Waals surface area contributed by atoms with Gasteiger partial charge in [-0.15, -0.1) is 0 Å². The van der Waals surface area contributed by atoms with Gasteiger partial charge in [-0.3, -0.25) is 9.59 Å². The molecule has 0 fully saturated rings. The summed E-state index contributed by atoms with van der Waals surface area (Å²) in [5.74, 6) is -0.483. The van der Waals surface area contributed by atoms with Gasteiger partial charge in [-0.2, -0.15) is 0 Å². The van der Waals surface area contributed by atoms with Gasteiger partial charge in [0, 0.05) is 0 Å². The Kier molecular flexibility index (Phi) is 3.22. The molecule has 27 heavy (non-hydrogen) atoms. The van der Waals surface area contributed by atoms with Crippen LogP contribution in [0, 0.1) is 13.8 Å². The van der Waals surface area contributed by atoms with Crippen LogP contribution < -0.4 is 4.90 Å². The van der Waals surface area contributed by atoms with Crippen LogP contribution in [-0.4, -0.2) is 11.8 Å². The normalized spacial score (nSPS) is 13.6. The van der Waals surface area contributed by atoms with E-state index in [1.54, 1.807) is 0 Å². The number of anilines is 1. The van der Waals surface area contributed by atoms with E-state index < -0.39 is 0 Å². The average Bonchev–Trinajstić information content (AvgIpc) is 2.94. The molecule has 0 saturated heterocycles. The number of nitrogens with zero attached hydrogens (tertiary/aromatic N) is 1. The van der Waals surface area contributed by atoms with Gasteiger partial charge in [-0.05, 0) is 46.5 Å². The van der Waals surface area contributed by atoms with Crippen molar-refractivity contribution in [3.8, 4) is 0 Å². The van der Waals surface area contributed by atoms with Crippen LogP contribution in [0.2, 0.25) is 0 Å². The number of benzene rings is 4. The minimum Gasteiger partial charge on any atom is -0.268 e. The van der Waals surface area contributed by atoms with Crippen LogP contribution in [-0.2, 0) is 0 Å². The maximum absolute atomic E-state index is 13.5. The number of hydrogen-bond donors (Lipinski definition) is 0. The molecule has 0 aliphatic carbocycles. The number of para-hydroxylation sites is 1. The molecule has 0 aromatic heterocycles. The maximum atomic E-state index is 13.5. The molecule has 1 aliphatic heterocycles. The predicted molar refractivity (Wildman–Crippen MR) is 109 cm³/mol. The van der Waals surface area contributed by atoms with Gasteiger partial charge in [-0.25, -0.2) is 4.90 Å². The van der Waals surface area contributed by atoms with Crippen molar-refractivity contribution in [1.82, 2.24) is 0 Å². The Labute approximate surface area is 156 Å². The Morgan fingerprint density at radius 1 is 0.556 bits per heavy atom. The van der Waals surface area contributed by atoms with Gasteiger partial charge in [0.25, 0.3) is 11.8 Å². The predicted octanol–water partition coefficient (Wildman–Crippen LogP) is 5.41. The quantitative estimate of drug-likeness (QED) is 0.340. The Morgan fingerprint density at radius 3 is 1.41 bits per heavy atom. The van der Waals surface area contributed by atoms with Crippen molar-refractivity contribution in [2.75, 3.05) is 4.90 Å². The second-order valence-corrected chi connectivity index (χ2v) is 7.03. The minimum atomic E-state index is -0.241. The molecule has 130 valence electrons. The zero-order chi connectivity index (χ0) is 18.7. The average molecular weight is 351 g/mol. The summed E-state index contributed by atoms with van der Waals surface area (Å²) in [7, 11) is 0. The van der Waals surface area contributed by atoms with E-state index in [9.17, 15) is 9.59 Å². The second-order valence-electron chi connectivity index (χ2n) is 7.03. The first-order chi connectivity index (χ1) is 13.1. The van der Waals surface area contributed by atoms with Crippen molar-refractivity contribution in [2.24, 2.45) is 0 Å². The third-order valence-corrected chi connectivity index (χ3v) is 5.43. The summed E-state index contributed by atoms with van der Waals surface area (Å²) in [4.78, 5) is 28.3. The topological polar surface area (TPSA) is 37.4 Å². The molecule has 2 amide bonds. The van der Waals surface area contributed by atoms with E-state index in [1.165, 1.54) is 4.90 Å². The summed E-state index contributed by atoms with van der Waals surface area (Å²) in [5, 5.41) is 3.66. The zero-order valence-corrected chi connectivity index (χ0v) is 15.1. The number of carbonyl (C=O) groups excluding carboxylic acids is 2. The lowest BCUT2D eigenvalue weighted by atomic mass is 9.93. The van der Waals surface area contributed by atoms with Gasteiger partial charge in [0.1, 0.15) is 0 Å². The van der Waals surface area contributed by atoms with Crippen molar-refractivity contribution >= 4 is 39.0 Å². The van der Waals surface area contributed by atoms with Crippen molar-refractivity contribution in [3.05, 3.63) is 89.0 Å². The molecule has 0 saturated carbocycles. The lowest BCUT2D eigenvalue weighted by Gasteiger charge is -2.19. The minimum absolute atomic E-state index is 0.241. The number of fused-ring (bicyclic) bond motifs is 6. The fourth-order valence-corrected chi connectivity index (χ4v) is 4.26. The van der Waals surface area contributed by atoms with E-state index in [0.717, 1.165) is 32.7 Å². The third kappa shape index (κ3) is 2.02. The summed E-state index contributed by atoms with van der Waals surface area (Å²) in [6.45, 7) is 3.87. The van der Waals surface area contributed by atoms with Crippen LogP contribution in [0.25, 0.3) is 21.5 Å². The first kappa shape index (κ1) is 15.8. The molecule has 1 heterocycles. The molecule has 0 radical (unpaired) electrons. The molecule has 4 aromatic rings. The van der Waals surface area contributed by atoms with Crippen molar-refractivity contribution < 1.29 is 9.59 Å². The highest BCUT2D eigenvalue weighted by atomic mass is 16.2. The van der Waals surface area contributed by atoms with Gasteiger partial charge in [0.15, 0.2) is 0 Å². The number of aryl methyl sites for hydroxylation is 2. The fourth-order valence-electron chi connectivity index (χ4n) is 4.26. The Hall–Kier alpha value is -3.46. The lowest BCUT2D eigenvalue weighted by Crippen LogP contribution is -2.30. The largest absolute Gasteiger partial charge is 0.268 e. The number of carbonyl (C=O) groups is 2. The van der Waals surface area contributed by atoms with Gasteiger partial charge in [-0.1, -0.05) is 66.7 Å². The van der Waals surface area contributed by atoms with E-state index in [4.69, 9.17) is 0 Å². The van der Waals surface area contributed by atoms with Crippen LogP contribution >= 0.6 is 0 Å². The molecule has 3 nitrogen and oxygen atoms in total. The highest BCUT2D eigenvalue weighted by Gasteiger charge is 2.40. The van der Waals surface area contributed by atoms with E-state index in [0.29, 0.717) is 16.8 Å². The molecule has 0 bridgehead atoms. The van der Waals surface area contributed by atoms with E-state index in [-0.39, 0.29) is 11.8 Å². The Bertz CT molecular complexity index is 1190. The summed E-state index contributed by atoms with van der Waals surface area (Å²) in [6.07, 6.45) is 0. The number of hydrogen-bond acceptors (Lipinski definition) is 2. The second kappa shape index (κ2) is 5.52. The first-order valence-electron chi connectivity index (χ1n) is 8.98. The number of rotatable bonds is 1. The first-order valence-corrected chi connectivity index (χ1v) is 8.98. The molecular weight excluding hydrogens is 334 g/mol. The zero-order valence-electron chi connectivity index (χ0n) is 15.1. The monoisotopic (exact) mass is 351 g/mol. The molecule has 4 aromatic carbocycles. The molecule has 0 unspecified atom stereocenters. The van der Waals surface area contributed by atoms with Gasteiger partial charge < -0.3 is 0 Å². The molecule has 3 heteroatoms. The van der Waals surface area contributed by atoms with Crippen LogP contribution in [0.15, 0.2) is 66.7 Å². The van der Waals surface area contributed by atoms with Crippen LogP contribution in [0.1, 0.15) is 31.8 Å². The van der Waals surface area contributed by atoms with Crippen LogP contribution in [0.4, 0.5) is 5.69 Å². The molecule has 5 rings (SSSR count). The SMILES string of the molecule is Cc1cccc(C)c1N1C(=O)c2c(c3ccccc3c3ccccc23)C1=O. The van der Waals surface area contributed by atoms with Crippen LogP contribution in [0.5, 0.6) is 0 Å². The highest BCUT2D eigenvalue weighted by molar-refractivity contribution is 6.42. The van der Waals surface area contributed by atoms with Gasteiger partial charge >= 0.3 is 0 Å². The summed E-state index contributed by atoms with van der Waals surface area (Å²) >= 11 is 0. The van der Waals surface area contributed by atoms with Gasteiger partial charge in [0.2, 0.25) is 0 Å². The molecule has 0 atom stereocenters. The molecular formula is C24H17NO2. The Morgan fingerprint density at radius 2 is 0.963 bits per heavy atom. The lowest BCUT2D eigenvalue weighted by molar-refractivity contribution is 0.0926. The fraction of sp³-hybridized carbons (Fsp3) is 0.0833. The van der Waals surface area contributed by atoms with E-state index in [1.807, 2.05) is 80.6 Å². The van der Waals surface area contributed by atoms with E-state index in [2.05, 4.69) is 0 Å². The van der Waals surface area contributed by atoms with Crippen molar-refractivity contribution in [1.29, 1.82) is 0 Å². The standard InChI is InChI=1S/C24H17NO2/c1-14-8-7-9-15(2)22(14)25-23(26)20-18-12-5-3-10-16(18)17-11-4-6-13-19(17)21(20)24(25)27/h3-13H,1-2H3. The third-order valence-electron chi connectivity index (χ3n) is 5.43. The van der Waals surface area contributed by atoms with Crippen molar-refractivity contribution in [3.63, 3.8) is 0 Å². The molecule has 0 N–H and O–H groups in total. The summed E-state index contributed by atoms with van der Waals surface area (Å²) in [5.41, 5.74) is 3.54. The van der Waals surface area contributed by atoms with Crippen molar-refractivity contribution in [2.45, 2.75) is 13.8 Å². The highest BCUT2D eigenvalue weighted by Crippen LogP contribution is 2.40.